The summed E-state index contributed by atoms with van der Waals surface area (Å²) in [5, 5.41) is 6.26. The predicted molar refractivity (Wildman–Crippen MR) is 73.6 cm³/mol. The summed E-state index contributed by atoms with van der Waals surface area (Å²) in [6, 6.07) is 4.51. The SMILES string of the molecule is O=C(N[C@H]1CCCN(c2cccnc2)C1=O)c1ccon1. The van der Waals surface area contributed by atoms with E-state index in [0.29, 0.717) is 13.0 Å². The Balaban J connectivity index is 1.72. The number of hydrogen-bond donors (Lipinski definition) is 1. The molecule has 0 unspecified atom stereocenters. The average molecular weight is 286 g/mol. The van der Waals surface area contributed by atoms with Gasteiger partial charge in [-0.1, -0.05) is 5.16 Å². The second-order valence-electron chi connectivity index (χ2n) is 4.75. The lowest BCUT2D eigenvalue weighted by Crippen LogP contribution is -2.52. The van der Waals surface area contributed by atoms with Gasteiger partial charge in [0.05, 0.1) is 11.9 Å². The maximum atomic E-state index is 12.5. The molecule has 0 radical (unpaired) electrons. The van der Waals surface area contributed by atoms with Crippen LogP contribution in [0.3, 0.4) is 0 Å². The molecule has 0 saturated carbocycles. The van der Waals surface area contributed by atoms with Crippen LogP contribution in [-0.4, -0.2) is 34.5 Å². The van der Waals surface area contributed by atoms with E-state index >= 15 is 0 Å². The van der Waals surface area contributed by atoms with Crippen molar-refractivity contribution in [1.29, 1.82) is 0 Å². The van der Waals surface area contributed by atoms with Crippen molar-refractivity contribution in [2.24, 2.45) is 0 Å². The Morgan fingerprint density at radius 2 is 2.33 bits per heavy atom. The molecule has 1 aliphatic rings. The Kier molecular flexibility index (Phi) is 3.63. The van der Waals surface area contributed by atoms with E-state index < -0.39 is 11.9 Å². The van der Waals surface area contributed by atoms with E-state index in [1.807, 2.05) is 6.07 Å². The van der Waals surface area contributed by atoms with Gasteiger partial charge >= 0.3 is 0 Å². The van der Waals surface area contributed by atoms with Crippen molar-refractivity contribution in [1.82, 2.24) is 15.5 Å². The third-order valence-electron chi connectivity index (χ3n) is 3.37. The number of amides is 2. The third kappa shape index (κ3) is 2.76. The number of anilines is 1. The summed E-state index contributed by atoms with van der Waals surface area (Å²) in [7, 11) is 0. The molecule has 7 nitrogen and oxygen atoms in total. The monoisotopic (exact) mass is 286 g/mol. The van der Waals surface area contributed by atoms with Gasteiger partial charge in [0.25, 0.3) is 5.91 Å². The van der Waals surface area contributed by atoms with Gasteiger partial charge < -0.3 is 14.7 Å². The minimum Gasteiger partial charge on any atom is -0.364 e. The zero-order valence-corrected chi connectivity index (χ0v) is 11.2. The summed E-state index contributed by atoms with van der Waals surface area (Å²) < 4.78 is 4.63. The van der Waals surface area contributed by atoms with Crippen molar-refractivity contribution in [3.05, 3.63) is 42.5 Å². The van der Waals surface area contributed by atoms with Crippen LogP contribution < -0.4 is 10.2 Å². The molecular formula is C14H14N4O3. The first-order valence-electron chi connectivity index (χ1n) is 6.68. The Labute approximate surface area is 120 Å². The first-order chi connectivity index (χ1) is 10.3. The van der Waals surface area contributed by atoms with Crippen LogP contribution >= 0.6 is 0 Å². The fraction of sp³-hybridized carbons (Fsp3) is 0.286. The lowest BCUT2D eigenvalue weighted by Gasteiger charge is -2.32. The maximum Gasteiger partial charge on any atom is 0.274 e. The number of piperidine rings is 1. The van der Waals surface area contributed by atoms with Crippen LogP contribution in [0.2, 0.25) is 0 Å². The number of nitrogens with zero attached hydrogens (tertiary/aromatic N) is 3. The molecule has 0 aliphatic carbocycles. The lowest BCUT2D eigenvalue weighted by molar-refractivity contribution is -0.121. The third-order valence-corrected chi connectivity index (χ3v) is 3.37. The maximum absolute atomic E-state index is 12.5. The highest BCUT2D eigenvalue weighted by molar-refractivity contribution is 6.02. The van der Waals surface area contributed by atoms with E-state index in [1.165, 1.54) is 12.3 Å². The van der Waals surface area contributed by atoms with Gasteiger partial charge in [0.1, 0.15) is 12.3 Å². The van der Waals surface area contributed by atoms with Crippen LogP contribution in [0.1, 0.15) is 23.3 Å². The molecule has 3 heterocycles. The Hall–Kier alpha value is -2.70. The second-order valence-corrected chi connectivity index (χ2v) is 4.75. The molecule has 1 aliphatic heterocycles. The van der Waals surface area contributed by atoms with E-state index in [1.54, 1.807) is 23.4 Å². The first-order valence-corrected chi connectivity index (χ1v) is 6.68. The first kappa shape index (κ1) is 13.3. The van der Waals surface area contributed by atoms with Crippen LogP contribution in [0.4, 0.5) is 5.69 Å². The molecule has 108 valence electrons. The fourth-order valence-electron chi connectivity index (χ4n) is 2.34. The second kappa shape index (κ2) is 5.74. The molecule has 0 spiro atoms. The van der Waals surface area contributed by atoms with Gasteiger partial charge in [0.2, 0.25) is 5.91 Å². The van der Waals surface area contributed by atoms with Gasteiger partial charge in [-0.05, 0) is 25.0 Å². The van der Waals surface area contributed by atoms with Gasteiger partial charge in [-0.2, -0.15) is 0 Å². The van der Waals surface area contributed by atoms with Crippen molar-refractivity contribution in [2.75, 3.05) is 11.4 Å². The predicted octanol–water partition coefficient (Wildman–Crippen LogP) is 0.995. The molecule has 1 saturated heterocycles. The van der Waals surface area contributed by atoms with E-state index in [2.05, 4.69) is 20.0 Å². The zero-order valence-electron chi connectivity index (χ0n) is 11.2. The van der Waals surface area contributed by atoms with Crippen molar-refractivity contribution >= 4 is 17.5 Å². The summed E-state index contributed by atoms with van der Waals surface area (Å²) in [6.07, 6.45) is 6.03. The normalized spacial score (nSPS) is 18.6. The van der Waals surface area contributed by atoms with Gasteiger partial charge in [-0.15, -0.1) is 0 Å². The van der Waals surface area contributed by atoms with Crippen LogP contribution in [0.5, 0.6) is 0 Å². The highest BCUT2D eigenvalue weighted by Crippen LogP contribution is 2.20. The molecule has 2 aromatic heterocycles. The Morgan fingerprint density at radius 1 is 1.43 bits per heavy atom. The number of hydrogen-bond acceptors (Lipinski definition) is 5. The molecular weight excluding hydrogens is 272 g/mol. The van der Waals surface area contributed by atoms with Gasteiger partial charge in [0.15, 0.2) is 5.69 Å². The van der Waals surface area contributed by atoms with Crippen LogP contribution in [0.15, 0.2) is 41.4 Å². The van der Waals surface area contributed by atoms with E-state index in [4.69, 9.17) is 0 Å². The Morgan fingerprint density at radius 3 is 3.05 bits per heavy atom. The van der Waals surface area contributed by atoms with Crippen molar-refractivity contribution < 1.29 is 14.1 Å². The molecule has 2 aromatic rings. The smallest absolute Gasteiger partial charge is 0.274 e. The van der Waals surface area contributed by atoms with Crippen molar-refractivity contribution in [3.8, 4) is 0 Å². The van der Waals surface area contributed by atoms with E-state index in [9.17, 15) is 9.59 Å². The number of nitrogens with one attached hydrogen (secondary N) is 1. The summed E-state index contributed by atoms with van der Waals surface area (Å²) in [5.41, 5.74) is 0.907. The zero-order chi connectivity index (χ0) is 14.7. The summed E-state index contributed by atoms with van der Waals surface area (Å²) in [6.45, 7) is 0.626. The highest BCUT2D eigenvalue weighted by atomic mass is 16.5. The van der Waals surface area contributed by atoms with Crippen LogP contribution in [0, 0.1) is 0 Å². The lowest BCUT2D eigenvalue weighted by atomic mass is 10.0. The highest BCUT2D eigenvalue weighted by Gasteiger charge is 2.31. The number of carbonyl (C=O) groups is 2. The number of carbonyl (C=O) groups excluding carboxylic acids is 2. The topological polar surface area (TPSA) is 88.3 Å². The number of pyridine rings is 1. The van der Waals surface area contributed by atoms with Gasteiger partial charge in [0, 0.05) is 18.8 Å². The Bertz CT molecular complexity index is 627. The standard InChI is InChI=1S/C14H14N4O3/c19-13(11-5-8-21-17-11)16-12-4-2-7-18(14(12)20)10-3-1-6-15-9-10/h1,3,5-6,8-9,12H,2,4,7H2,(H,16,19)/t12-/m0/s1. The molecule has 1 atom stereocenters. The molecule has 1 N–H and O–H groups in total. The quantitative estimate of drug-likeness (QED) is 0.909. The van der Waals surface area contributed by atoms with Gasteiger partial charge in [-0.25, -0.2) is 0 Å². The molecule has 0 bridgehead atoms. The van der Waals surface area contributed by atoms with E-state index in [-0.39, 0.29) is 11.6 Å². The van der Waals surface area contributed by atoms with Crippen LogP contribution in [-0.2, 0) is 4.79 Å². The number of rotatable bonds is 3. The molecule has 1 fully saturated rings. The minimum atomic E-state index is -0.553. The van der Waals surface area contributed by atoms with Gasteiger partial charge in [-0.3, -0.25) is 14.6 Å². The summed E-state index contributed by atoms with van der Waals surface area (Å²) in [4.78, 5) is 30.1. The average Bonchev–Trinajstić information content (AvgIpc) is 3.05. The van der Waals surface area contributed by atoms with E-state index in [0.717, 1.165) is 12.1 Å². The van der Waals surface area contributed by atoms with Crippen molar-refractivity contribution in [2.45, 2.75) is 18.9 Å². The van der Waals surface area contributed by atoms with Crippen LogP contribution in [0.25, 0.3) is 0 Å². The minimum absolute atomic E-state index is 0.133. The molecule has 3 rings (SSSR count). The molecule has 21 heavy (non-hydrogen) atoms. The number of aromatic nitrogens is 2. The largest absolute Gasteiger partial charge is 0.364 e. The summed E-state index contributed by atoms with van der Waals surface area (Å²) in [5.74, 6) is -0.541. The fourth-order valence-corrected chi connectivity index (χ4v) is 2.34. The molecule has 7 heteroatoms. The molecule has 2 amide bonds. The summed E-state index contributed by atoms with van der Waals surface area (Å²) >= 11 is 0. The molecule has 0 aromatic carbocycles. The van der Waals surface area contributed by atoms with Crippen molar-refractivity contribution in [3.63, 3.8) is 0 Å².